The van der Waals surface area contributed by atoms with Crippen molar-refractivity contribution in [1.82, 2.24) is 10.2 Å². The van der Waals surface area contributed by atoms with Crippen molar-refractivity contribution in [3.63, 3.8) is 0 Å². The highest BCUT2D eigenvalue weighted by Crippen LogP contribution is 2.24. The van der Waals surface area contributed by atoms with E-state index in [0.717, 1.165) is 12.0 Å². The molecule has 7 heteroatoms. The van der Waals surface area contributed by atoms with Crippen molar-refractivity contribution >= 4 is 18.9 Å². The van der Waals surface area contributed by atoms with Gasteiger partial charge in [-0.2, -0.15) is 0 Å². The van der Waals surface area contributed by atoms with Gasteiger partial charge in [-0.15, -0.1) is 0 Å². The van der Waals surface area contributed by atoms with E-state index < -0.39 is 19.0 Å². The average molecular weight is 360 g/mol. The van der Waals surface area contributed by atoms with Crippen molar-refractivity contribution in [2.24, 2.45) is 5.92 Å². The van der Waals surface area contributed by atoms with Crippen LogP contribution >= 0.6 is 0 Å². The van der Waals surface area contributed by atoms with E-state index in [0.29, 0.717) is 19.5 Å². The van der Waals surface area contributed by atoms with Gasteiger partial charge in [-0.05, 0) is 36.8 Å². The summed E-state index contributed by atoms with van der Waals surface area (Å²) in [6, 6.07) is 7.13. The predicted molar refractivity (Wildman–Crippen MR) is 102 cm³/mol. The van der Waals surface area contributed by atoms with Crippen LogP contribution in [0, 0.1) is 5.92 Å². The third-order valence-corrected chi connectivity index (χ3v) is 4.90. The van der Waals surface area contributed by atoms with Gasteiger partial charge in [0.1, 0.15) is 0 Å². The summed E-state index contributed by atoms with van der Waals surface area (Å²) >= 11 is 0. The van der Waals surface area contributed by atoms with Crippen molar-refractivity contribution in [3.05, 3.63) is 35.4 Å². The molecule has 0 saturated carbocycles. The number of amides is 2. The number of benzene rings is 1. The maximum absolute atomic E-state index is 12.5. The highest BCUT2D eigenvalue weighted by Gasteiger charge is 2.30. The van der Waals surface area contributed by atoms with Crippen molar-refractivity contribution in [1.29, 1.82) is 0 Å². The van der Waals surface area contributed by atoms with Gasteiger partial charge in [0, 0.05) is 25.3 Å². The number of Topliss-reactive ketones (excluding diaryl/α,β-unsaturated/α-hetero) is 1. The van der Waals surface area contributed by atoms with Crippen LogP contribution in [0.15, 0.2) is 24.3 Å². The summed E-state index contributed by atoms with van der Waals surface area (Å²) in [6.07, 6.45) is 1.40. The highest BCUT2D eigenvalue weighted by atomic mass is 16.4. The summed E-state index contributed by atoms with van der Waals surface area (Å²) in [5.41, 5.74) is 2.39. The van der Waals surface area contributed by atoms with Gasteiger partial charge in [-0.3, -0.25) is 4.79 Å². The molecular formula is C19H29BN2O4. The van der Waals surface area contributed by atoms with Gasteiger partial charge in [0.15, 0.2) is 5.78 Å². The van der Waals surface area contributed by atoms with Crippen LogP contribution in [0.1, 0.15) is 44.7 Å². The first-order valence-corrected chi connectivity index (χ1v) is 9.29. The SMILES string of the molecule is CC(C)C[C@H](CC(=O)[C@H](C)NC(=O)N1CCc2ccccc2C1)B(O)O. The van der Waals surface area contributed by atoms with E-state index in [1.54, 1.807) is 11.8 Å². The van der Waals surface area contributed by atoms with E-state index in [-0.39, 0.29) is 24.2 Å². The Kier molecular flexibility index (Phi) is 7.23. The van der Waals surface area contributed by atoms with E-state index in [2.05, 4.69) is 11.4 Å². The fourth-order valence-corrected chi connectivity index (χ4v) is 3.38. The molecule has 0 bridgehead atoms. The van der Waals surface area contributed by atoms with Crippen LogP contribution in [0.25, 0.3) is 0 Å². The molecule has 1 aromatic rings. The topological polar surface area (TPSA) is 89.9 Å². The van der Waals surface area contributed by atoms with Crippen LogP contribution in [0.3, 0.4) is 0 Å². The van der Waals surface area contributed by atoms with Gasteiger partial charge in [-0.25, -0.2) is 4.79 Å². The molecular weight excluding hydrogens is 331 g/mol. The molecule has 1 aliphatic heterocycles. The number of urea groups is 1. The number of fused-ring (bicyclic) bond motifs is 1. The van der Waals surface area contributed by atoms with Crippen LogP contribution < -0.4 is 5.32 Å². The molecule has 1 heterocycles. The molecule has 142 valence electrons. The first-order valence-electron chi connectivity index (χ1n) is 9.29. The lowest BCUT2D eigenvalue weighted by molar-refractivity contribution is -0.120. The Labute approximate surface area is 155 Å². The Balaban J connectivity index is 1.89. The van der Waals surface area contributed by atoms with Gasteiger partial charge in [0.25, 0.3) is 0 Å². The highest BCUT2D eigenvalue weighted by molar-refractivity contribution is 6.43. The molecule has 0 aliphatic carbocycles. The second-order valence-electron chi connectivity index (χ2n) is 7.59. The summed E-state index contributed by atoms with van der Waals surface area (Å²) in [5, 5.41) is 21.7. The van der Waals surface area contributed by atoms with E-state index in [1.165, 1.54) is 5.56 Å². The molecule has 0 aromatic heterocycles. The fraction of sp³-hybridized carbons (Fsp3) is 0.579. The quantitative estimate of drug-likeness (QED) is 0.649. The van der Waals surface area contributed by atoms with Gasteiger partial charge in [0.05, 0.1) is 6.04 Å². The number of nitrogens with zero attached hydrogens (tertiary/aromatic N) is 1. The van der Waals surface area contributed by atoms with Gasteiger partial charge >= 0.3 is 13.1 Å². The first-order chi connectivity index (χ1) is 12.3. The summed E-state index contributed by atoms with van der Waals surface area (Å²) in [5.74, 6) is -0.439. The number of carbonyl (C=O) groups is 2. The number of hydrogen-bond donors (Lipinski definition) is 3. The molecule has 1 aromatic carbocycles. The second kappa shape index (κ2) is 9.19. The van der Waals surface area contributed by atoms with E-state index in [1.807, 2.05) is 32.0 Å². The predicted octanol–water partition coefficient (Wildman–Crippen LogP) is 1.99. The molecule has 3 N–H and O–H groups in total. The number of nitrogens with one attached hydrogen (secondary N) is 1. The molecule has 26 heavy (non-hydrogen) atoms. The minimum absolute atomic E-state index is 0.0418. The van der Waals surface area contributed by atoms with E-state index >= 15 is 0 Å². The monoisotopic (exact) mass is 360 g/mol. The Morgan fingerprint density at radius 3 is 2.46 bits per heavy atom. The normalized spacial score (nSPS) is 16.0. The summed E-state index contributed by atoms with van der Waals surface area (Å²) in [7, 11) is -1.53. The van der Waals surface area contributed by atoms with Crippen LogP contribution in [-0.4, -0.2) is 46.5 Å². The van der Waals surface area contributed by atoms with Crippen LogP contribution in [0.4, 0.5) is 4.79 Å². The molecule has 0 fully saturated rings. The Morgan fingerprint density at radius 2 is 1.85 bits per heavy atom. The minimum atomic E-state index is -1.53. The Morgan fingerprint density at radius 1 is 1.19 bits per heavy atom. The van der Waals surface area contributed by atoms with Crippen molar-refractivity contribution in [3.8, 4) is 0 Å². The number of rotatable bonds is 7. The molecule has 2 atom stereocenters. The van der Waals surface area contributed by atoms with Crippen molar-refractivity contribution in [2.75, 3.05) is 6.54 Å². The Bertz CT molecular complexity index is 636. The summed E-state index contributed by atoms with van der Waals surface area (Å²) < 4.78 is 0. The van der Waals surface area contributed by atoms with Gasteiger partial charge in [0.2, 0.25) is 0 Å². The largest absolute Gasteiger partial charge is 0.455 e. The van der Waals surface area contributed by atoms with Gasteiger partial charge < -0.3 is 20.3 Å². The maximum atomic E-state index is 12.5. The van der Waals surface area contributed by atoms with E-state index in [9.17, 15) is 19.6 Å². The standard InChI is InChI=1S/C19H29BN2O4/c1-13(2)10-17(20(25)26)11-18(23)14(3)21-19(24)22-9-8-15-6-4-5-7-16(15)12-22/h4-7,13-14,17,25-26H,8-12H2,1-3H3,(H,21,24)/t14-,17+/m0/s1. The van der Waals surface area contributed by atoms with Crippen molar-refractivity contribution in [2.45, 2.75) is 58.4 Å². The lowest BCUT2D eigenvalue weighted by atomic mass is 9.66. The zero-order valence-electron chi connectivity index (χ0n) is 15.8. The van der Waals surface area contributed by atoms with Crippen molar-refractivity contribution < 1.29 is 19.6 Å². The number of hydrogen-bond acceptors (Lipinski definition) is 4. The Hall–Kier alpha value is -1.86. The molecule has 0 spiro atoms. The lowest BCUT2D eigenvalue weighted by Crippen LogP contribution is -2.48. The van der Waals surface area contributed by atoms with Crippen LogP contribution in [0.5, 0.6) is 0 Å². The third-order valence-electron chi connectivity index (χ3n) is 4.90. The van der Waals surface area contributed by atoms with Gasteiger partial charge in [-0.1, -0.05) is 38.1 Å². The minimum Gasteiger partial charge on any atom is -0.427 e. The molecule has 2 amide bonds. The molecule has 1 aliphatic rings. The maximum Gasteiger partial charge on any atom is 0.455 e. The zero-order valence-corrected chi connectivity index (χ0v) is 15.8. The number of carbonyl (C=O) groups excluding carboxylic acids is 2. The van der Waals surface area contributed by atoms with Crippen LogP contribution in [-0.2, 0) is 17.8 Å². The summed E-state index contributed by atoms with van der Waals surface area (Å²) in [4.78, 5) is 26.6. The van der Waals surface area contributed by atoms with Crippen LogP contribution in [0.2, 0.25) is 5.82 Å². The third kappa shape index (κ3) is 5.57. The lowest BCUT2D eigenvalue weighted by Gasteiger charge is -2.30. The van der Waals surface area contributed by atoms with E-state index in [4.69, 9.17) is 0 Å². The number of ketones is 1. The average Bonchev–Trinajstić information content (AvgIpc) is 2.60. The fourth-order valence-electron chi connectivity index (χ4n) is 3.38. The first kappa shape index (κ1) is 20.5. The second-order valence-corrected chi connectivity index (χ2v) is 7.59. The zero-order chi connectivity index (χ0) is 19.3. The molecule has 0 radical (unpaired) electrons. The molecule has 0 saturated heterocycles. The molecule has 6 nitrogen and oxygen atoms in total. The molecule has 2 rings (SSSR count). The smallest absolute Gasteiger partial charge is 0.427 e. The summed E-state index contributed by atoms with van der Waals surface area (Å²) in [6.45, 7) is 6.75. The molecule has 0 unspecified atom stereocenters.